The third-order valence-electron chi connectivity index (χ3n) is 3.36. The van der Waals surface area contributed by atoms with Crippen molar-refractivity contribution in [3.8, 4) is 22.8 Å². The van der Waals surface area contributed by atoms with Gasteiger partial charge < -0.3 is 8.94 Å². The third kappa shape index (κ3) is 3.11. The summed E-state index contributed by atoms with van der Waals surface area (Å²) in [6.07, 6.45) is 0.295. The summed E-state index contributed by atoms with van der Waals surface area (Å²) in [5, 5.41) is 12.1. The van der Waals surface area contributed by atoms with E-state index in [1.165, 1.54) is 0 Å². The van der Waals surface area contributed by atoms with Gasteiger partial charge in [0, 0.05) is 15.6 Å². The Bertz CT molecular complexity index is 948. The highest BCUT2D eigenvalue weighted by Crippen LogP contribution is 2.22. The molecule has 24 heavy (non-hydrogen) atoms. The van der Waals surface area contributed by atoms with Crippen molar-refractivity contribution in [3.05, 3.63) is 70.9 Å². The van der Waals surface area contributed by atoms with Crippen LogP contribution in [0.1, 0.15) is 11.8 Å². The van der Waals surface area contributed by atoms with Crippen molar-refractivity contribution in [3.63, 3.8) is 0 Å². The van der Waals surface area contributed by atoms with Gasteiger partial charge in [-0.2, -0.15) is 4.98 Å². The molecule has 2 aromatic heterocycles. The van der Waals surface area contributed by atoms with E-state index in [4.69, 9.17) is 8.94 Å². The zero-order valence-corrected chi connectivity index (χ0v) is 14.0. The largest absolute Gasteiger partial charge is 0.420 e. The lowest BCUT2D eigenvalue weighted by atomic mass is 10.2. The van der Waals surface area contributed by atoms with Crippen molar-refractivity contribution in [2.75, 3.05) is 0 Å². The van der Waals surface area contributed by atoms with Crippen molar-refractivity contribution in [1.29, 1.82) is 0 Å². The first-order chi connectivity index (χ1) is 11.8. The zero-order valence-electron chi connectivity index (χ0n) is 12.4. The molecule has 7 heteroatoms. The maximum atomic E-state index is 5.66. The molecule has 0 fully saturated rings. The van der Waals surface area contributed by atoms with Crippen LogP contribution in [0.3, 0.4) is 0 Å². The van der Waals surface area contributed by atoms with Gasteiger partial charge in [0.25, 0.3) is 0 Å². The number of hydrogen-bond donors (Lipinski definition) is 0. The van der Waals surface area contributed by atoms with Crippen molar-refractivity contribution in [2.45, 2.75) is 6.42 Å². The molecule has 0 N–H and O–H groups in total. The van der Waals surface area contributed by atoms with E-state index in [-0.39, 0.29) is 0 Å². The van der Waals surface area contributed by atoms with E-state index < -0.39 is 0 Å². The number of nitrogens with zero attached hydrogens (tertiary/aromatic N) is 4. The zero-order chi connectivity index (χ0) is 16.4. The van der Waals surface area contributed by atoms with Crippen LogP contribution in [0.5, 0.6) is 0 Å². The molecule has 2 aromatic carbocycles. The van der Waals surface area contributed by atoms with E-state index in [9.17, 15) is 0 Å². The summed E-state index contributed by atoms with van der Waals surface area (Å²) >= 11 is 3.39. The van der Waals surface area contributed by atoms with Gasteiger partial charge in [0.2, 0.25) is 23.5 Å². The Morgan fingerprint density at radius 2 is 1.62 bits per heavy atom. The molecule has 2 heterocycles. The summed E-state index contributed by atoms with van der Waals surface area (Å²) in [4.78, 5) is 4.36. The Kier molecular flexibility index (Phi) is 3.92. The second-order valence-electron chi connectivity index (χ2n) is 5.06. The van der Waals surface area contributed by atoms with Gasteiger partial charge in [-0.1, -0.05) is 51.4 Å². The van der Waals surface area contributed by atoms with Gasteiger partial charge in [-0.25, -0.2) is 0 Å². The Hall–Kier alpha value is -2.80. The maximum absolute atomic E-state index is 5.66. The lowest BCUT2D eigenvalue weighted by Gasteiger charge is -1.94. The predicted molar refractivity (Wildman–Crippen MR) is 90.0 cm³/mol. The lowest BCUT2D eigenvalue weighted by Crippen LogP contribution is -1.88. The van der Waals surface area contributed by atoms with E-state index in [1.54, 1.807) is 0 Å². The van der Waals surface area contributed by atoms with Crippen molar-refractivity contribution < 1.29 is 8.94 Å². The fourth-order valence-corrected chi connectivity index (χ4v) is 2.46. The number of halogens is 1. The standard InChI is InChI=1S/C17H11BrN4O2/c18-13-8-6-12(7-9-13)17-21-20-15(23-17)10-14-19-16(22-24-14)11-4-2-1-3-5-11/h1-9H,10H2. The molecule has 4 aromatic rings. The number of hydrogen-bond acceptors (Lipinski definition) is 6. The summed E-state index contributed by atoms with van der Waals surface area (Å²) in [6.45, 7) is 0. The van der Waals surface area contributed by atoms with Gasteiger partial charge in [0.1, 0.15) is 6.42 Å². The molecule has 0 atom stereocenters. The van der Waals surface area contributed by atoms with Crippen molar-refractivity contribution in [1.82, 2.24) is 20.3 Å². The Balaban J connectivity index is 1.52. The van der Waals surface area contributed by atoms with Crippen molar-refractivity contribution >= 4 is 15.9 Å². The maximum Gasteiger partial charge on any atom is 0.247 e. The molecule has 0 radical (unpaired) electrons. The third-order valence-corrected chi connectivity index (χ3v) is 3.89. The fourth-order valence-electron chi connectivity index (χ4n) is 2.19. The Morgan fingerprint density at radius 3 is 2.42 bits per heavy atom. The minimum atomic E-state index is 0.295. The SMILES string of the molecule is Brc1ccc(-c2nnc(Cc3nc(-c4ccccc4)no3)o2)cc1. The van der Waals surface area contributed by atoms with Crippen LogP contribution in [0.25, 0.3) is 22.8 Å². The second kappa shape index (κ2) is 6.37. The molecule has 0 bridgehead atoms. The van der Waals surface area contributed by atoms with E-state index in [2.05, 4.69) is 36.3 Å². The minimum Gasteiger partial charge on any atom is -0.420 e. The van der Waals surface area contributed by atoms with Crippen LogP contribution in [0, 0.1) is 0 Å². The summed E-state index contributed by atoms with van der Waals surface area (Å²) in [7, 11) is 0. The van der Waals surface area contributed by atoms with Crippen LogP contribution < -0.4 is 0 Å². The molecule has 6 nitrogen and oxygen atoms in total. The summed E-state index contributed by atoms with van der Waals surface area (Å²) in [5.41, 5.74) is 1.75. The lowest BCUT2D eigenvalue weighted by molar-refractivity contribution is 0.374. The smallest absolute Gasteiger partial charge is 0.247 e. The molecule has 0 aliphatic rings. The molecule has 0 aliphatic heterocycles. The quantitative estimate of drug-likeness (QED) is 0.527. The molecule has 4 rings (SSSR count). The van der Waals surface area contributed by atoms with E-state index in [1.807, 2.05) is 54.6 Å². The monoisotopic (exact) mass is 382 g/mol. The minimum absolute atomic E-state index is 0.295. The van der Waals surface area contributed by atoms with E-state index in [0.717, 1.165) is 15.6 Å². The highest BCUT2D eigenvalue weighted by Gasteiger charge is 2.14. The average molecular weight is 383 g/mol. The van der Waals surface area contributed by atoms with Crippen LogP contribution in [-0.4, -0.2) is 20.3 Å². The Labute approximate surface area is 145 Å². The van der Waals surface area contributed by atoms with Gasteiger partial charge >= 0.3 is 0 Å². The van der Waals surface area contributed by atoms with Gasteiger partial charge in [-0.3, -0.25) is 0 Å². The summed E-state index contributed by atoms with van der Waals surface area (Å²) < 4.78 is 11.9. The molecule has 0 spiro atoms. The average Bonchev–Trinajstić information content (AvgIpc) is 3.27. The number of rotatable bonds is 4. The topological polar surface area (TPSA) is 77.8 Å². The molecule has 118 valence electrons. The van der Waals surface area contributed by atoms with Gasteiger partial charge in [0.05, 0.1) is 0 Å². The van der Waals surface area contributed by atoms with Gasteiger partial charge in [-0.15, -0.1) is 10.2 Å². The molecule has 0 saturated carbocycles. The first-order valence-corrected chi connectivity index (χ1v) is 8.03. The fraction of sp³-hybridized carbons (Fsp3) is 0.0588. The van der Waals surface area contributed by atoms with Crippen molar-refractivity contribution in [2.24, 2.45) is 0 Å². The first-order valence-electron chi connectivity index (χ1n) is 7.24. The van der Waals surface area contributed by atoms with Gasteiger partial charge in [0.15, 0.2) is 0 Å². The molecule has 0 unspecified atom stereocenters. The van der Waals surface area contributed by atoms with Crippen LogP contribution >= 0.6 is 15.9 Å². The van der Waals surface area contributed by atoms with Gasteiger partial charge in [-0.05, 0) is 24.3 Å². The Morgan fingerprint density at radius 1 is 0.833 bits per heavy atom. The summed E-state index contributed by atoms with van der Waals surface area (Å²) in [5.74, 6) is 1.86. The molecule has 0 aliphatic carbocycles. The normalized spacial score (nSPS) is 10.9. The highest BCUT2D eigenvalue weighted by atomic mass is 79.9. The number of benzene rings is 2. The summed E-state index contributed by atoms with van der Waals surface area (Å²) in [6, 6.07) is 17.3. The highest BCUT2D eigenvalue weighted by molar-refractivity contribution is 9.10. The first kappa shape index (κ1) is 14.8. The molecule has 0 saturated heterocycles. The molecular weight excluding hydrogens is 372 g/mol. The molecule has 0 amide bonds. The predicted octanol–water partition coefficient (Wildman–Crippen LogP) is 4.14. The van der Waals surface area contributed by atoms with E-state index >= 15 is 0 Å². The van der Waals surface area contributed by atoms with Crippen LogP contribution in [-0.2, 0) is 6.42 Å². The number of aromatic nitrogens is 4. The van der Waals surface area contributed by atoms with Crippen LogP contribution in [0.4, 0.5) is 0 Å². The molecular formula is C17H11BrN4O2. The van der Waals surface area contributed by atoms with Crippen LogP contribution in [0.2, 0.25) is 0 Å². The van der Waals surface area contributed by atoms with E-state index in [0.29, 0.717) is 29.9 Å². The van der Waals surface area contributed by atoms with Crippen LogP contribution in [0.15, 0.2) is 68.0 Å². The second-order valence-corrected chi connectivity index (χ2v) is 5.98.